The van der Waals surface area contributed by atoms with Crippen LogP contribution in [0.3, 0.4) is 0 Å². The van der Waals surface area contributed by atoms with E-state index in [1.807, 2.05) is 6.07 Å². The minimum absolute atomic E-state index is 0.188. The molecule has 0 N–H and O–H groups in total. The molecular formula is C17H17Br2F. The van der Waals surface area contributed by atoms with Crippen molar-refractivity contribution in [2.24, 2.45) is 5.92 Å². The van der Waals surface area contributed by atoms with E-state index in [4.69, 9.17) is 0 Å². The van der Waals surface area contributed by atoms with Gasteiger partial charge in [0.25, 0.3) is 0 Å². The third kappa shape index (κ3) is 3.92. The smallest absolute Gasteiger partial charge is 0.137 e. The summed E-state index contributed by atoms with van der Waals surface area (Å²) in [6, 6.07) is 13.7. The summed E-state index contributed by atoms with van der Waals surface area (Å²) in [5.74, 6) is 0.265. The Bertz CT molecular complexity index is 581. The second-order valence-electron chi connectivity index (χ2n) is 5.07. The molecule has 1 atom stereocenters. The first-order chi connectivity index (χ1) is 9.61. The molecule has 0 saturated heterocycles. The molecule has 3 heteroatoms. The lowest BCUT2D eigenvalue weighted by Gasteiger charge is -2.17. The van der Waals surface area contributed by atoms with E-state index in [2.05, 4.69) is 63.0 Å². The molecule has 0 amide bonds. The van der Waals surface area contributed by atoms with Crippen LogP contribution in [0.2, 0.25) is 0 Å². The van der Waals surface area contributed by atoms with Gasteiger partial charge in [0.2, 0.25) is 0 Å². The average Bonchev–Trinajstić information content (AvgIpc) is 2.45. The highest BCUT2D eigenvalue weighted by atomic mass is 79.9. The van der Waals surface area contributed by atoms with Crippen molar-refractivity contribution < 1.29 is 4.39 Å². The van der Waals surface area contributed by atoms with Crippen molar-refractivity contribution in [3.8, 4) is 0 Å². The van der Waals surface area contributed by atoms with Crippen LogP contribution in [0.1, 0.15) is 16.7 Å². The van der Waals surface area contributed by atoms with Gasteiger partial charge in [0, 0.05) is 5.33 Å². The molecule has 0 radical (unpaired) electrons. The summed E-state index contributed by atoms with van der Waals surface area (Å²) in [5, 5.41) is 0.907. The van der Waals surface area contributed by atoms with Crippen molar-refractivity contribution >= 4 is 31.9 Å². The Labute approximate surface area is 136 Å². The quantitative estimate of drug-likeness (QED) is 0.566. The molecule has 0 aromatic heterocycles. The van der Waals surface area contributed by atoms with Crippen molar-refractivity contribution in [2.45, 2.75) is 19.8 Å². The van der Waals surface area contributed by atoms with E-state index < -0.39 is 0 Å². The largest absolute Gasteiger partial charge is 0.206 e. The van der Waals surface area contributed by atoms with E-state index in [0.29, 0.717) is 10.4 Å². The lowest BCUT2D eigenvalue weighted by Crippen LogP contribution is -2.11. The molecule has 0 aliphatic heterocycles. The van der Waals surface area contributed by atoms with Crippen molar-refractivity contribution in [1.29, 1.82) is 0 Å². The molecule has 106 valence electrons. The number of hydrogen-bond acceptors (Lipinski definition) is 0. The first-order valence-corrected chi connectivity index (χ1v) is 8.56. The molecule has 2 aromatic carbocycles. The van der Waals surface area contributed by atoms with Crippen LogP contribution in [0, 0.1) is 18.7 Å². The Morgan fingerprint density at radius 3 is 2.35 bits per heavy atom. The van der Waals surface area contributed by atoms with Crippen molar-refractivity contribution in [1.82, 2.24) is 0 Å². The summed E-state index contributed by atoms with van der Waals surface area (Å²) < 4.78 is 14.2. The lowest BCUT2D eigenvalue weighted by molar-refractivity contribution is 0.577. The van der Waals surface area contributed by atoms with Gasteiger partial charge in [0.05, 0.1) is 4.47 Å². The molecule has 2 rings (SSSR count). The predicted octanol–water partition coefficient (Wildman–Crippen LogP) is 5.69. The summed E-state index contributed by atoms with van der Waals surface area (Å²) in [7, 11) is 0. The van der Waals surface area contributed by atoms with Crippen LogP contribution in [0.5, 0.6) is 0 Å². The maximum Gasteiger partial charge on any atom is 0.137 e. The first kappa shape index (κ1) is 15.7. The number of rotatable bonds is 5. The number of halogens is 3. The predicted molar refractivity (Wildman–Crippen MR) is 90.0 cm³/mol. The summed E-state index contributed by atoms with van der Waals surface area (Å²) >= 11 is 6.94. The fourth-order valence-corrected chi connectivity index (χ4v) is 3.23. The number of hydrogen-bond donors (Lipinski definition) is 0. The highest BCUT2D eigenvalue weighted by Gasteiger charge is 2.14. The zero-order valence-corrected chi connectivity index (χ0v) is 14.5. The minimum atomic E-state index is -0.188. The highest BCUT2D eigenvalue weighted by molar-refractivity contribution is 9.10. The third-order valence-electron chi connectivity index (χ3n) is 3.53. The van der Waals surface area contributed by atoms with Gasteiger partial charge in [-0.25, -0.2) is 4.39 Å². The van der Waals surface area contributed by atoms with Crippen LogP contribution >= 0.6 is 31.9 Å². The van der Waals surface area contributed by atoms with Gasteiger partial charge >= 0.3 is 0 Å². The van der Waals surface area contributed by atoms with E-state index in [-0.39, 0.29) is 5.82 Å². The molecule has 0 aliphatic carbocycles. The van der Waals surface area contributed by atoms with Gasteiger partial charge in [-0.1, -0.05) is 52.3 Å². The van der Waals surface area contributed by atoms with Gasteiger partial charge in [-0.15, -0.1) is 0 Å². The molecule has 0 bridgehead atoms. The summed E-state index contributed by atoms with van der Waals surface area (Å²) in [5.41, 5.74) is 3.71. The molecule has 2 aromatic rings. The van der Waals surface area contributed by atoms with Crippen LogP contribution in [0.25, 0.3) is 0 Å². The maximum atomic E-state index is 13.6. The Morgan fingerprint density at radius 1 is 1.00 bits per heavy atom. The van der Waals surface area contributed by atoms with E-state index in [9.17, 15) is 4.39 Å². The molecule has 20 heavy (non-hydrogen) atoms. The standard InChI is InChI=1S/C17H17Br2F/c1-12-5-2-3-6-14(12)9-13(11-18)10-15-7-4-8-16(20)17(15)19/h2-8,13H,9-11H2,1H3. The van der Waals surface area contributed by atoms with E-state index in [1.165, 1.54) is 17.2 Å². The van der Waals surface area contributed by atoms with E-state index in [0.717, 1.165) is 23.7 Å². The summed E-state index contributed by atoms with van der Waals surface area (Å²) in [6.45, 7) is 2.14. The van der Waals surface area contributed by atoms with Gasteiger partial charge in [-0.3, -0.25) is 0 Å². The van der Waals surface area contributed by atoms with Crippen LogP contribution < -0.4 is 0 Å². The number of alkyl halides is 1. The fourth-order valence-electron chi connectivity index (χ4n) is 2.35. The second kappa shape index (κ2) is 7.37. The molecule has 0 nitrogen and oxygen atoms in total. The summed E-state index contributed by atoms with van der Waals surface area (Å²) in [6.07, 6.45) is 1.86. The Kier molecular flexibility index (Phi) is 5.79. The number of aryl methyl sites for hydroxylation is 1. The molecule has 0 heterocycles. The fraction of sp³-hybridized carbons (Fsp3) is 0.294. The number of benzene rings is 2. The zero-order chi connectivity index (χ0) is 14.5. The highest BCUT2D eigenvalue weighted by Crippen LogP contribution is 2.25. The minimum Gasteiger partial charge on any atom is -0.206 e. The normalized spacial score (nSPS) is 12.4. The van der Waals surface area contributed by atoms with Crippen molar-refractivity contribution in [3.63, 3.8) is 0 Å². The van der Waals surface area contributed by atoms with Crippen molar-refractivity contribution in [3.05, 3.63) is 69.4 Å². The second-order valence-corrected chi connectivity index (χ2v) is 6.51. The molecule has 0 fully saturated rings. The Hall–Kier alpha value is -0.670. The average molecular weight is 400 g/mol. The monoisotopic (exact) mass is 398 g/mol. The molecule has 0 aliphatic rings. The van der Waals surface area contributed by atoms with Crippen LogP contribution in [0.4, 0.5) is 4.39 Å². The van der Waals surface area contributed by atoms with Crippen LogP contribution in [-0.2, 0) is 12.8 Å². The van der Waals surface area contributed by atoms with Crippen LogP contribution in [-0.4, -0.2) is 5.33 Å². The lowest BCUT2D eigenvalue weighted by atomic mass is 9.92. The van der Waals surface area contributed by atoms with E-state index in [1.54, 1.807) is 6.07 Å². The van der Waals surface area contributed by atoms with Gasteiger partial charge in [-0.05, 0) is 64.4 Å². The third-order valence-corrected chi connectivity index (χ3v) is 5.33. The zero-order valence-electron chi connectivity index (χ0n) is 11.4. The molecular weight excluding hydrogens is 383 g/mol. The molecule has 0 saturated carbocycles. The summed E-state index contributed by atoms with van der Waals surface area (Å²) in [4.78, 5) is 0. The van der Waals surface area contributed by atoms with Crippen molar-refractivity contribution in [2.75, 3.05) is 5.33 Å². The molecule has 0 spiro atoms. The Morgan fingerprint density at radius 2 is 1.65 bits per heavy atom. The van der Waals surface area contributed by atoms with Gasteiger partial charge < -0.3 is 0 Å². The van der Waals surface area contributed by atoms with Gasteiger partial charge in [0.1, 0.15) is 5.82 Å². The van der Waals surface area contributed by atoms with Gasteiger partial charge in [0.15, 0.2) is 0 Å². The first-order valence-electron chi connectivity index (χ1n) is 6.65. The van der Waals surface area contributed by atoms with Crippen LogP contribution in [0.15, 0.2) is 46.9 Å². The maximum absolute atomic E-state index is 13.6. The van der Waals surface area contributed by atoms with E-state index >= 15 is 0 Å². The topological polar surface area (TPSA) is 0 Å². The van der Waals surface area contributed by atoms with Gasteiger partial charge in [-0.2, -0.15) is 0 Å². The Balaban J connectivity index is 2.14. The molecule has 1 unspecified atom stereocenters. The SMILES string of the molecule is Cc1ccccc1CC(CBr)Cc1cccc(F)c1Br.